The maximum absolute atomic E-state index is 12.5. The summed E-state index contributed by atoms with van der Waals surface area (Å²) in [5.74, 6) is -0.265. The van der Waals surface area contributed by atoms with Crippen LogP contribution >= 0.6 is 0 Å². The average molecular weight is 209 g/mol. The van der Waals surface area contributed by atoms with E-state index in [1.807, 2.05) is 0 Å². The molecule has 1 saturated heterocycles. The quantitative estimate of drug-likeness (QED) is 0.740. The van der Waals surface area contributed by atoms with Gasteiger partial charge in [0.15, 0.2) is 0 Å². The second kappa shape index (κ2) is 4.35. The van der Waals surface area contributed by atoms with Crippen LogP contribution in [0.4, 0.5) is 4.39 Å². The molecule has 0 aromatic carbocycles. The van der Waals surface area contributed by atoms with Gasteiger partial charge in [-0.3, -0.25) is 9.78 Å². The Labute approximate surface area is 86.9 Å². The van der Waals surface area contributed by atoms with Gasteiger partial charge in [0.1, 0.15) is 5.82 Å². The molecule has 0 saturated carbocycles. The third kappa shape index (κ3) is 2.50. The molecule has 0 bridgehead atoms. The fourth-order valence-corrected chi connectivity index (χ4v) is 1.31. The Morgan fingerprint density at radius 1 is 1.60 bits per heavy atom. The molecule has 2 rings (SSSR count). The summed E-state index contributed by atoms with van der Waals surface area (Å²) in [6.07, 6.45) is 1.15. The molecular formula is C10H12FN3O. The second-order valence-electron chi connectivity index (χ2n) is 3.54. The Balaban J connectivity index is 1.82. The van der Waals surface area contributed by atoms with Gasteiger partial charge in [-0.05, 0) is 12.1 Å². The first-order chi connectivity index (χ1) is 7.25. The van der Waals surface area contributed by atoms with Gasteiger partial charge in [-0.25, -0.2) is 4.39 Å². The van der Waals surface area contributed by atoms with E-state index in [1.54, 1.807) is 6.07 Å². The van der Waals surface area contributed by atoms with Crippen molar-refractivity contribution in [3.05, 3.63) is 29.8 Å². The predicted molar refractivity (Wildman–Crippen MR) is 52.4 cm³/mol. The van der Waals surface area contributed by atoms with Crippen LogP contribution in [-0.4, -0.2) is 24.0 Å². The Morgan fingerprint density at radius 3 is 2.93 bits per heavy atom. The summed E-state index contributed by atoms with van der Waals surface area (Å²) in [4.78, 5) is 15.3. The third-order valence-electron chi connectivity index (χ3n) is 2.38. The first-order valence-electron chi connectivity index (χ1n) is 4.84. The minimum Gasteiger partial charge on any atom is -0.350 e. The SMILES string of the molecule is O=C(NCc1ccc(F)cn1)C1CNC1. The molecule has 4 nitrogen and oxygen atoms in total. The van der Waals surface area contributed by atoms with Gasteiger partial charge < -0.3 is 10.6 Å². The predicted octanol–water partition coefficient (Wildman–Crippen LogP) is 0.0563. The molecule has 0 atom stereocenters. The summed E-state index contributed by atoms with van der Waals surface area (Å²) in [5, 5.41) is 5.78. The van der Waals surface area contributed by atoms with E-state index in [4.69, 9.17) is 0 Å². The standard InChI is InChI=1S/C10H12FN3O/c11-8-1-2-9(13-5-8)6-14-10(15)7-3-12-4-7/h1-2,5,7,12H,3-4,6H2,(H,14,15). The Morgan fingerprint density at radius 2 is 2.40 bits per heavy atom. The van der Waals surface area contributed by atoms with Gasteiger partial charge in [-0.15, -0.1) is 0 Å². The van der Waals surface area contributed by atoms with Crippen LogP contribution in [0.5, 0.6) is 0 Å². The molecule has 1 aromatic rings. The summed E-state index contributed by atoms with van der Waals surface area (Å²) in [6, 6.07) is 2.90. The van der Waals surface area contributed by atoms with Crippen LogP contribution in [0.3, 0.4) is 0 Å². The molecule has 1 aromatic heterocycles. The van der Waals surface area contributed by atoms with Crippen LogP contribution in [0.15, 0.2) is 18.3 Å². The molecule has 1 fully saturated rings. The number of nitrogens with one attached hydrogen (secondary N) is 2. The maximum atomic E-state index is 12.5. The number of amides is 1. The van der Waals surface area contributed by atoms with Gasteiger partial charge >= 0.3 is 0 Å². The van der Waals surface area contributed by atoms with E-state index in [0.717, 1.165) is 19.3 Å². The topological polar surface area (TPSA) is 54.0 Å². The number of rotatable bonds is 3. The van der Waals surface area contributed by atoms with Crippen LogP contribution in [-0.2, 0) is 11.3 Å². The van der Waals surface area contributed by atoms with Gasteiger partial charge in [0.05, 0.1) is 24.4 Å². The fraction of sp³-hybridized carbons (Fsp3) is 0.400. The zero-order valence-electron chi connectivity index (χ0n) is 8.16. The van der Waals surface area contributed by atoms with E-state index in [9.17, 15) is 9.18 Å². The minimum atomic E-state index is -0.367. The number of pyridine rings is 1. The zero-order valence-corrected chi connectivity index (χ0v) is 8.16. The average Bonchev–Trinajstić information content (AvgIpc) is 2.14. The molecule has 2 N–H and O–H groups in total. The molecule has 1 aliphatic rings. The highest BCUT2D eigenvalue weighted by atomic mass is 19.1. The van der Waals surface area contributed by atoms with Crippen LogP contribution in [0.2, 0.25) is 0 Å². The monoisotopic (exact) mass is 209 g/mol. The summed E-state index contributed by atoms with van der Waals surface area (Å²) in [6.45, 7) is 1.83. The van der Waals surface area contributed by atoms with Crippen molar-refractivity contribution in [3.63, 3.8) is 0 Å². The lowest BCUT2D eigenvalue weighted by molar-refractivity contribution is -0.126. The number of hydrogen-bond acceptors (Lipinski definition) is 3. The molecule has 15 heavy (non-hydrogen) atoms. The number of carbonyl (C=O) groups is 1. The van der Waals surface area contributed by atoms with Crippen molar-refractivity contribution in [1.29, 1.82) is 0 Å². The van der Waals surface area contributed by atoms with E-state index >= 15 is 0 Å². The summed E-state index contributed by atoms with van der Waals surface area (Å²) < 4.78 is 12.5. The highest BCUT2D eigenvalue weighted by Crippen LogP contribution is 2.03. The minimum absolute atomic E-state index is 0.0277. The van der Waals surface area contributed by atoms with Crippen molar-refractivity contribution in [1.82, 2.24) is 15.6 Å². The highest BCUT2D eigenvalue weighted by Gasteiger charge is 2.24. The molecule has 0 radical (unpaired) electrons. The summed E-state index contributed by atoms with van der Waals surface area (Å²) in [5.41, 5.74) is 0.664. The summed E-state index contributed by atoms with van der Waals surface area (Å²) in [7, 11) is 0. The van der Waals surface area contributed by atoms with Crippen molar-refractivity contribution in [2.75, 3.05) is 13.1 Å². The highest BCUT2D eigenvalue weighted by molar-refractivity contribution is 5.79. The second-order valence-corrected chi connectivity index (χ2v) is 3.54. The van der Waals surface area contributed by atoms with Crippen LogP contribution in [0, 0.1) is 11.7 Å². The first kappa shape index (κ1) is 10.0. The molecular weight excluding hydrogens is 197 g/mol. The number of halogens is 1. The Bertz CT molecular complexity index is 348. The fourth-order valence-electron chi connectivity index (χ4n) is 1.31. The van der Waals surface area contributed by atoms with E-state index in [1.165, 1.54) is 6.07 Å². The van der Waals surface area contributed by atoms with Crippen molar-refractivity contribution < 1.29 is 9.18 Å². The maximum Gasteiger partial charge on any atom is 0.226 e. The van der Waals surface area contributed by atoms with Crippen molar-refractivity contribution in [3.8, 4) is 0 Å². The number of carbonyl (C=O) groups excluding carboxylic acids is 1. The van der Waals surface area contributed by atoms with E-state index in [0.29, 0.717) is 12.2 Å². The van der Waals surface area contributed by atoms with Crippen LogP contribution < -0.4 is 10.6 Å². The van der Waals surface area contributed by atoms with Gasteiger partial charge in [0.25, 0.3) is 0 Å². The number of aromatic nitrogens is 1. The van der Waals surface area contributed by atoms with Crippen molar-refractivity contribution in [2.24, 2.45) is 5.92 Å². The zero-order chi connectivity index (χ0) is 10.7. The largest absolute Gasteiger partial charge is 0.350 e. The molecule has 5 heteroatoms. The molecule has 1 amide bonds. The molecule has 80 valence electrons. The van der Waals surface area contributed by atoms with E-state index < -0.39 is 0 Å². The smallest absolute Gasteiger partial charge is 0.226 e. The Kier molecular flexibility index (Phi) is 2.91. The van der Waals surface area contributed by atoms with Gasteiger partial charge in [-0.2, -0.15) is 0 Å². The Hall–Kier alpha value is -1.49. The first-order valence-corrected chi connectivity index (χ1v) is 4.84. The third-order valence-corrected chi connectivity index (χ3v) is 2.38. The van der Waals surface area contributed by atoms with E-state index in [2.05, 4.69) is 15.6 Å². The number of hydrogen-bond donors (Lipinski definition) is 2. The molecule has 0 unspecified atom stereocenters. The lowest BCUT2D eigenvalue weighted by atomic mass is 10.0. The van der Waals surface area contributed by atoms with Crippen molar-refractivity contribution >= 4 is 5.91 Å². The lowest BCUT2D eigenvalue weighted by Crippen LogP contribution is -2.50. The van der Waals surface area contributed by atoms with Crippen LogP contribution in [0.1, 0.15) is 5.69 Å². The number of nitrogens with zero attached hydrogens (tertiary/aromatic N) is 1. The molecule has 2 heterocycles. The van der Waals surface area contributed by atoms with Gasteiger partial charge in [0.2, 0.25) is 5.91 Å². The van der Waals surface area contributed by atoms with Gasteiger partial charge in [-0.1, -0.05) is 0 Å². The van der Waals surface area contributed by atoms with E-state index in [-0.39, 0.29) is 17.6 Å². The molecule has 1 aliphatic heterocycles. The lowest BCUT2D eigenvalue weighted by Gasteiger charge is -2.25. The van der Waals surface area contributed by atoms with Gasteiger partial charge in [0, 0.05) is 13.1 Å². The normalized spacial score (nSPS) is 15.8. The van der Waals surface area contributed by atoms with Crippen LogP contribution in [0.25, 0.3) is 0 Å². The van der Waals surface area contributed by atoms with Crippen molar-refractivity contribution in [2.45, 2.75) is 6.54 Å². The molecule has 0 aliphatic carbocycles. The summed E-state index contributed by atoms with van der Waals surface area (Å²) >= 11 is 0. The molecule has 0 spiro atoms.